The summed E-state index contributed by atoms with van der Waals surface area (Å²) in [4.78, 5) is 11.4. The minimum Gasteiger partial charge on any atom is -0.469 e. The minimum absolute atomic E-state index is 0.0299. The maximum Gasteiger partial charge on any atom is 0.310 e. The van der Waals surface area contributed by atoms with Crippen molar-refractivity contribution in [2.45, 2.75) is 11.8 Å². The normalized spacial score (nSPS) is 23.2. The molecule has 6 nitrogen and oxygen atoms in total. The number of carbonyl (C=O) groups is 1. The minimum atomic E-state index is -3.86. The predicted molar refractivity (Wildman–Crippen MR) is 74.2 cm³/mol. The third-order valence-electron chi connectivity index (χ3n) is 3.69. The first-order valence-corrected chi connectivity index (χ1v) is 7.84. The van der Waals surface area contributed by atoms with Crippen molar-refractivity contribution >= 4 is 21.7 Å². The van der Waals surface area contributed by atoms with Crippen LogP contribution in [0.3, 0.4) is 0 Å². The van der Waals surface area contributed by atoms with Crippen LogP contribution < -0.4 is 5.73 Å². The smallest absolute Gasteiger partial charge is 0.310 e. The van der Waals surface area contributed by atoms with Crippen LogP contribution in [0.4, 0.5) is 10.1 Å². The molecule has 0 aromatic heterocycles. The lowest BCUT2D eigenvalue weighted by molar-refractivity contribution is -0.145. The molecule has 0 spiro atoms. The van der Waals surface area contributed by atoms with Gasteiger partial charge in [-0.3, -0.25) is 4.79 Å². The second-order valence-electron chi connectivity index (χ2n) is 5.11. The number of ether oxygens (including phenoxy) is 1. The molecule has 1 aromatic rings. The molecule has 1 aliphatic heterocycles. The average molecular weight is 316 g/mol. The second kappa shape index (κ2) is 5.61. The summed E-state index contributed by atoms with van der Waals surface area (Å²) in [6, 6.07) is 3.35. The summed E-state index contributed by atoms with van der Waals surface area (Å²) in [5.74, 6) is -1.90. The Balaban J connectivity index is 2.29. The average Bonchev–Trinajstić information content (AvgIpc) is 2.83. The summed E-state index contributed by atoms with van der Waals surface area (Å²) >= 11 is 0. The van der Waals surface area contributed by atoms with Crippen LogP contribution in [0.5, 0.6) is 0 Å². The van der Waals surface area contributed by atoms with Crippen molar-refractivity contribution in [1.82, 2.24) is 4.31 Å². The van der Waals surface area contributed by atoms with E-state index in [-0.39, 0.29) is 29.6 Å². The largest absolute Gasteiger partial charge is 0.469 e. The topological polar surface area (TPSA) is 89.7 Å². The molecule has 1 saturated heterocycles. The van der Waals surface area contributed by atoms with Crippen molar-refractivity contribution in [2.24, 2.45) is 11.8 Å². The molecule has 0 saturated carbocycles. The highest BCUT2D eigenvalue weighted by molar-refractivity contribution is 7.89. The van der Waals surface area contributed by atoms with Crippen LogP contribution in [-0.2, 0) is 19.6 Å². The maximum absolute atomic E-state index is 13.5. The van der Waals surface area contributed by atoms with Gasteiger partial charge in [-0.05, 0) is 24.1 Å². The second-order valence-corrected chi connectivity index (χ2v) is 7.05. The Labute approximate surface area is 122 Å². The fraction of sp³-hybridized carbons (Fsp3) is 0.462. The number of sulfonamides is 1. The van der Waals surface area contributed by atoms with Gasteiger partial charge in [0.05, 0.1) is 23.6 Å². The summed E-state index contributed by atoms with van der Waals surface area (Å²) in [5, 5.41) is 0. The molecule has 1 fully saturated rings. The Bertz CT molecular complexity index is 662. The fourth-order valence-corrected chi connectivity index (χ4v) is 3.97. The van der Waals surface area contributed by atoms with E-state index in [1.165, 1.54) is 23.5 Å². The first-order chi connectivity index (χ1) is 9.77. The Morgan fingerprint density at radius 1 is 1.43 bits per heavy atom. The van der Waals surface area contributed by atoms with Gasteiger partial charge >= 0.3 is 5.97 Å². The number of esters is 1. The number of nitrogen functional groups attached to an aromatic ring is 1. The van der Waals surface area contributed by atoms with Gasteiger partial charge in [0.2, 0.25) is 10.0 Å². The van der Waals surface area contributed by atoms with Crippen molar-refractivity contribution < 1.29 is 22.3 Å². The molecule has 0 radical (unpaired) electrons. The molecule has 21 heavy (non-hydrogen) atoms. The first kappa shape index (κ1) is 15.7. The quantitative estimate of drug-likeness (QED) is 0.659. The maximum atomic E-state index is 13.5. The zero-order valence-corrected chi connectivity index (χ0v) is 12.6. The van der Waals surface area contributed by atoms with Gasteiger partial charge in [0.1, 0.15) is 5.82 Å². The lowest BCUT2D eigenvalue weighted by Gasteiger charge is -2.16. The number of nitrogens with zero attached hydrogens (tertiary/aromatic N) is 1. The Hall–Kier alpha value is -1.67. The summed E-state index contributed by atoms with van der Waals surface area (Å²) in [6.45, 7) is 2.00. The number of rotatable bonds is 3. The molecule has 0 amide bonds. The van der Waals surface area contributed by atoms with Crippen molar-refractivity contribution in [3.63, 3.8) is 0 Å². The molecule has 2 rings (SSSR count). The van der Waals surface area contributed by atoms with Gasteiger partial charge in [-0.25, -0.2) is 12.8 Å². The molecule has 1 heterocycles. The highest BCUT2D eigenvalue weighted by Crippen LogP contribution is 2.30. The monoisotopic (exact) mass is 316 g/mol. The van der Waals surface area contributed by atoms with Crippen molar-refractivity contribution in [3.05, 3.63) is 24.0 Å². The van der Waals surface area contributed by atoms with Crippen LogP contribution in [0.25, 0.3) is 0 Å². The number of carbonyl (C=O) groups excluding carboxylic acids is 1. The number of hydrogen-bond acceptors (Lipinski definition) is 5. The molecule has 0 aliphatic carbocycles. The lowest BCUT2D eigenvalue weighted by Crippen LogP contribution is -2.30. The van der Waals surface area contributed by atoms with Gasteiger partial charge < -0.3 is 10.5 Å². The molecular formula is C13H17FN2O4S. The SMILES string of the molecule is COC(=O)C1CN(S(=O)(=O)c2ccc(N)c(F)c2)CC1C. The highest BCUT2D eigenvalue weighted by atomic mass is 32.2. The number of hydrogen-bond donors (Lipinski definition) is 1. The van der Waals surface area contributed by atoms with E-state index in [0.717, 1.165) is 6.07 Å². The van der Waals surface area contributed by atoms with E-state index in [1.54, 1.807) is 6.92 Å². The lowest BCUT2D eigenvalue weighted by atomic mass is 9.99. The van der Waals surface area contributed by atoms with Crippen LogP contribution in [0.2, 0.25) is 0 Å². The molecule has 0 bridgehead atoms. The van der Waals surface area contributed by atoms with E-state index >= 15 is 0 Å². The van der Waals surface area contributed by atoms with Crippen LogP contribution in [0.1, 0.15) is 6.92 Å². The van der Waals surface area contributed by atoms with Crippen LogP contribution in [0, 0.1) is 17.7 Å². The van der Waals surface area contributed by atoms with Crippen LogP contribution in [-0.4, -0.2) is 38.9 Å². The Kier molecular flexibility index (Phi) is 4.20. The van der Waals surface area contributed by atoms with Gasteiger partial charge in [-0.1, -0.05) is 6.92 Å². The van der Waals surface area contributed by atoms with E-state index in [4.69, 9.17) is 5.73 Å². The fourth-order valence-electron chi connectivity index (χ4n) is 2.39. The molecule has 1 aliphatic rings. The molecule has 8 heteroatoms. The third-order valence-corrected chi connectivity index (χ3v) is 5.52. The first-order valence-electron chi connectivity index (χ1n) is 6.40. The van der Waals surface area contributed by atoms with E-state index in [1.807, 2.05) is 0 Å². The molecule has 116 valence electrons. The summed E-state index contributed by atoms with van der Waals surface area (Å²) in [6.07, 6.45) is 0. The van der Waals surface area contributed by atoms with Gasteiger partial charge in [-0.2, -0.15) is 4.31 Å². The molecule has 1 aromatic carbocycles. The van der Waals surface area contributed by atoms with Gasteiger partial charge in [-0.15, -0.1) is 0 Å². The zero-order chi connectivity index (χ0) is 15.8. The summed E-state index contributed by atoms with van der Waals surface area (Å²) < 4.78 is 44.2. The number of methoxy groups -OCH3 is 1. The van der Waals surface area contributed by atoms with Crippen molar-refractivity contribution in [2.75, 3.05) is 25.9 Å². The molecule has 2 atom stereocenters. The van der Waals surface area contributed by atoms with Gasteiger partial charge in [0.15, 0.2) is 0 Å². The van der Waals surface area contributed by atoms with E-state index in [2.05, 4.69) is 4.74 Å². The molecule has 2 N–H and O–H groups in total. The van der Waals surface area contributed by atoms with E-state index in [9.17, 15) is 17.6 Å². The summed E-state index contributed by atoms with van der Waals surface area (Å²) in [5.41, 5.74) is 5.23. The molecular weight excluding hydrogens is 299 g/mol. The van der Waals surface area contributed by atoms with Crippen LogP contribution >= 0.6 is 0 Å². The van der Waals surface area contributed by atoms with Gasteiger partial charge in [0.25, 0.3) is 0 Å². The standard InChI is InChI=1S/C13H17FN2O4S/c1-8-6-16(7-10(8)13(17)20-2)21(18,19)9-3-4-12(15)11(14)5-9/h3-5,8,10H,6-7,15H2,1-2H3. The highest BCUT2D eigenvalue weighted by Gasteiger charge is 2.41. The van der Waals surface area contributed by atoms with E-state index in [0.29, 0.717) is 0 Å². The Morgan fingerprint density at radius 3 is 2.67 bits per heavy atom. The molecule has 2 unspecified atom stereocenters. The number of anilines is 1. The number of nitrogens with two attached hydrogens (primary N) is 1. The zero-order valence-electron chi connectivity index (χ0n) is 11.7. The predicted octanol–water partition coefficient (Wildman–Crippen LogP) is 0.837. The van der Waals surface area contributed by atoms with Crippen molar-refractivity contribution in [1.29, 1.82) is 0 Å². The number of benzene rings is 1. The number of halogens is 1. The summed E-state index contributed by atoms with van der Waals surface area (Å²) in [7, 11) is -2.59. The van der Waals surface area contributed by atoms with Crippen LogP contribution in [0.15, 0.2) is 23.1 Å². The Morgan fingerprint density at radius 2 is 2.10 bits per heavy atom. The third kappa shape index (κ3) is 2.86. The van der Waals surface area contributed by atoms with E-state index < -0.39 is 27.7 Å². The van der Waals surface area contributed by atoms with Gasteiger partial charge in [0, 0.05) is 13.1 Å². The van der Waals surface area contributed by atoms with Crippen molar-refractivity contribution in [3.8, 4) is 0 Å².